The molecule has 3 heteroatoms. The second kappa shape index (κ2) is 10.7. The SMILES string of the molecule is C=C([CH2-])C.CC(=O)O.[Pd]. The number of allylic oxidation sites excluding steroid dienone is 1. The van der Waals surface area contributed by atoms with E-state index in [4.69, 9.17) is 9.90 Å². The summed E-state index contributed by atoms with van der Waals surface area (Å²) in [6.07, 6.45) is 0. The molecule has 1 N–H and O–H groups in total. The van der Waals surface area contributed by atoms with Crippen LogP contribution in [0.15, 0.2) is 12.2 Å². The summed E-state index contributed by atoms with van der Waals surface area (Å²) in [5.74, 6) is -0.833. The third-order valence-electron chi connectivity index (χ3n) is 0. The molecule has 2 nitrogen and oxygen atoms in total. The molecule has 9 heavy (non-hydrogen) atoms. The Balaban J connectivity index is -0.0000000720. The smallest absolute Gasteiger partial charge is 0.300 e. The molecule has 0 amide bonds. The van der Waals surface area contributed by atoms with Crippen molar-refractivity contribution in [2.24, 2.45) is 0 Å². The van der Waals surface area contributed by atoms with Crippen LogP contribution in [0.1, 0.15) is 13.8 Å². The van der Waals surface area contributed by atoms with E-state index in [0.29, 0.717) is 0 Å². The molecule has 0 aliphatic rings. The van der Waals surface area contributed by atoms with Gasteiger partial charge < -0.3 is 5.11 Å². The molecule has 0 spiro atoms. The largest absolute Gasteiger partial charge is 0.481 e. The monoisotopic (exact) mass is 221 g/mol. The minimum absolute atomic E-state index is 0. The summed E-state index contributed by atoms with van der Waals surface area (Å²) < 4.78 is 0. The fourth-order valence-corrected chi connectivity index (χ4v) is 0. The number of rotatable bonds is 0. The summed E-state index contributed by atoms with van der Waals surface area (Å²) in [5.41, 5.74) is 0.917. The third kappa shape index (κ3) is 3850. The van der Waals surface area contributed by atoms with Crippen LogP contribution in [0, 0.1) is 6.92 Å². The van der Waals surface area contributed by atoms with Crippen molar-refractivity contribution in [3.63, 3.8) is 0 Å². The van der Waals surface area contributed by atoms with E-state index >= 15 is 0 Å². The Morgan fingerprint density at radius 1 is 1.56 bits per heavy atom. The quantitative estimate of drug-likeness (QED) is 0.497. The average molecular weight is 222 g/mol. The fraction of sp³-hybridized carbons (Fsp3) is 0.333. The number of carboxylic acids is 1. The molecule has 0 unspecified atom stereocenters. The molecular weight excluding hydrogens is 210 g/mol. The molecular formula is C6H11O2Pd-. The van der Waals surface area contributed by atoms with Gasteiger partial charge in [-0.2, -0.15) is 0 Å². The van der Waals surface area contributed by atoms with Gasteiger partial charge in [0.05, 0.1) is 0 Å². The standard InChI is InChI=1S/C4H7.C2H4O2.Pd/c1-4(2)3;1-2(3)4;/h1-2H2,3H3;1H3,(H,3,4);/q-1;;. The molecule has 0 aromatic heterocycles. The number of carbonyl (C=O) groups is 1. The Hall–Kier alpha value is -0.258. The van der Waals surface area contributed by atoms with Crippen molar-refractivity contribution >= 4 is 5.97 Å². The topological polar surface area (TPSA) is 37.3 Å². The summed E-state index contributed by atoms with van der Waals surface area (Å²) >= 11 is 0. The maximum atomic E-state index is 9.00. The van der Waals surface area contributed by atoms with Crippen molar-refractivity contribution in [3.8, 4) is 0 Å². The van der Waals surface area contributed by atoms with E-state index in [2.05, 4.69) is 13.5 Å². The van der Waals surface area contributed by atoms with Crippen LogP contribution in [-0.4, -0.2) is 11.1 Å². The van der Waals surface area contributed by atoms with E-state index in [1.54, 1.807) is 0 Å². The molecule has 0 atom stereocenters. The van der Waals surface area contributed by atoms with Gasteiger partial charge in [-0.05, 0) is 0 Å². The number of hydrogen-bond donors (Lipinski definition) is 1. The second-order valence-corrected chi connectivity index (χ2v) is 1.48. The summed E-state index contributed by atoms with van der Waals surface area (Å²) in [4.78, 5) is 9.00. The third-order valence-corrected chi connectivity index (χ3v) is 0. The van der Waals surface area contributed by atoms with Crippen LogP contribution in [0.25, 0.3) is 0 Å². The van der Waals surface area contributed by atoms with Crippen molar-refractivity contribution in [1.82, 2.24) is 0 Å². The first-order valence-corrected chi connectivity index (χ1v) is 2.13. The first-order valence-electron chi connectivity index (χ1n) is 2.13. The van der Waals surface area contributed by atoms with Gasteiger partial charge in [0.2, 0.25) is 0 Å². The van der Waals surface area contributed by atoms with Crippen LogP contribution in [0.3, 0.4) is 0 Å². The van der Waals surface area contributed by atoms with Crippen molar-refractivity contribution in [2.45, 2.75) is 13.8 Å². The van der Waals surface area contributed by atoms with Gasteiger partial charge in [0.15, 0.2) is 0 Å². The van der Waals surface area contributed by atoms with Gasteiger partial charge in [0.1, 0.15) is 0 Å². The minimum atomic E-state index is -0.833. The first-order chi connectivity index (χ1) is 3.46. The van der Waals surface area contributed by atoms with Crippen molar-refractivity contribution in [3.05, 3.63) is 19.1 Å². The van der Waals surface area contributed by atoms with E-state index in [9.17, 15) is 0 Å². The zero-order valence-corrected chi connectivity index (χ0v) is 7.14. The molecule has 0 saturated heterocycles. The Bertz CT molecular complexity index is 69.1. The molecule has 58 valence electrons. The molecule has 0 bridgehead atoms. The van der Waals surface area contributed by atoms with Crippen molar-refractivity contribution in [1.29, 1.82) is 0 Å². The van der Waals surface area contributed by atoms with Gasteiger partial charge in [-0.3, -0.25) is 4.79 Å². The average Bonchev–Trinajstić information content (AvgIpc) is 1.25. The van der Waals surface area contributed by atoms with Crippen LogP contribution in [0.5, 0.6) is 0 Å². The predicted octanol–water partition coefficient (Wildman–Crippen LogP) is 1.48. The molecule has 0 fully saturated rings. The first kappa shape index (κ1) is 15.9. The maximum absolute atomic E-state index is 9.00. The molecule has 0 aromatic carbocycles. The van der Waals surface area contributed by atoms with Crippen LogP contribution < -0.4 is 0 Å². The Labute approximate surface area is 69.6 Å². The summed E-state index contributed by atoms with van der Waals surface area (Å²) in [6.45, 7) is 9.83. The molecule has 0 heterocycles. The molecule has 0 aliphatic carbocycles. The van der Waals surface area contributed by atoms with Crippen molar-refractivity contribution in [2.75, 3.05) is 0 Å². The van der Waals surface area contributed by atoms with Crippen molar-refractivity contribution < 1.29 is 30.3 Å². The van der Waals surface area contributed by atoms with Crippen LogP contribution >= 0.6 is 0 Å². The van der Waals surface area contributed by atoms with Gasteiger partial charge in [-0.25, -0.2) is 19.1 Å². The van der Waals surface area contributed by atoms with E-state index in [0.717, 1.165) is 12.5 Å². The van der Waals surface area contributed by atoms with Crippen LogP contribution in [0.2, 0.25) is 0 Å². The summed E-state index contributed by atoms with van der Waals surface area (Å²) in [7, 11) is 0. The maximum Gasteiger partial charge on any atom is 0.300 e. The molecule has 0 rings (SSSR count). The second-order valence-electron chi connectivity index (χ2n) is 1.48. The molecule has 0 aliphatic heterocycles. The Morgan fingerprint density at radius 3 is 1.56 bits per heavy atom. The summed E-state index contributed by atoms with van der Waals surface area (Å²) in [5, 5.41) is 7.42. The van der Waals surface area contributed by atoms with Gasteiger partial charge in [0.25, 0.3) is 5.97 Å². The number of aliphatic carboxylic acids is 1. The van der Waals surface area contributed by atoms with Crippen LogP contribution in [0.4, 0.5) is 0 Å². The normalized spacial score (nSPS) is 5.56. The zero-order valence-electron chi connectivity index (χ0n) is 5.59. The summed E-state index contributed by atoms with van der Waals surface area (Å²) in [6, 6.07) is 0. The van der Waals surface area contributed by atoms with Gasteiger partial charge in [-0.1, -0.05) is 6.92 Å². The zero-order chi connectivity index (χ0) is 7.15. The molecule has 0 aromatic rings. The number of carboxylic acid groups (broad SMARTS) is 1. The fourth-order valence-electron chi connectivity index (χ4n) is 0. The van der Waals surface area contributed by atoms with Gasteiger partial charge >= 0.3 is 0 Å². The Kier molecular flexibility index (Phi) is 18.8. The molecule has 0 radical (unpaired) electrons. The predicted molar refractivity (Wildman–Crippen MR) is 33.5 cm³/mol. The van der Waals surface area contributed by atoms with E-state index < -0.39 is 5.97 Å². The van der Waals surface area contributed by atoms with Crippen LogP contribution in [-0.2, 0) is 25.2 Å². The van der Waals surface area contributed by atoms with Gasteiger partial charge in [0, 0.05) is 27.3 Å². The van der Waals surface area contributed by atoms with E-state index in [-0.39, 0.29) is 20.4 Å². The van der Waals surface area contributed by atoms with E-state index in [1.807, 2.05) is 6.92 Å². The molecule has 0 saturated carbocycles. The number of hydrogen-bond acceptors (Lipinski definition) is 1. The minimum Gasteiger partial charge on any atom is -0.481 e. The Morgan fingerprint density at radius 2 is 1.56 bits per heavy atom. The van der Waals surface area contributed by atoms with E-state index in [1.165, 1.54) is 0 Å². The van der Waals surface area contributed by atoms with Gasteiger partial charge in [-0.15, -0.1) is 0 Å².